The molecule has 1 N–H and O–H groups in total. The van der Waals surface area contributed by atoms with E-state index in [1.807, 2.05) is 37.3 Å². The lowest BCUT2D eigenvalue weighted by atomic mass is 9.87. The Kier molecular flexibility index (Phi) is 4.98. The lowest BCUT2D eigenvalue weighted by Crippen LogP contribution is -2.31. The van der Waals surface area contributed by atoms with Gasteiger partial charge in [0.2, 0.25) is 5.91 Å². The van der Waals surface area contributed by atoms with Gasteiger partial charge in [0.25, 0.3) is 0 Å². The molecular formula is C18H21N3O2. The highest BCUT2D eigenvalue weighted by Gasteiger charge is 2.26. The van der Waals surface area contributed by atoms with E-state index in [-0.39, 0.29) is 11.8 Å². The molecule has 0 radical (unpaired) electrons. The highest BCUT2D eigenvalue weighted by Crippen LogP contribution is 2.24. The standard InChI is InChI=1S/C18H21N3O2/c1-13(14-7-9-23-10-8-14)18(22)21-16-11-19-17(20-12-16)15-5-3-2-4-6-15/h2-6,11-14H,7-10H2,1H3,(H,21,22). The number of aromatic nitrogens is 2. The van der Waals surface area contributed by atoms with Gasteiger partial charge in [0.15, 0.2) is 5.82 Å². The lowest BCUT2D eigenvalue weighted by molar-refractivity contribution is -0.122. The summed E-state index contributed by atoms with van der Waals surface area (Å²) < 4.78 is 5.35. The van der Waals surface area contributed by atoms with Crippen LogP contribution in [0.1, 0.15) is 19.8 Å². The molecule has 1 saturated heterocycles. The van der Waals surface area contributed by atoms with Gasteiger partial charge in [-0.1, -0.05) is 37.3 Å². The van der Waals surface area contributed by atoms with Crippen molar-refractivity contribution < 1.29 is 9.53 Å². The quantitative estimate of drug-likeness (QED) is 0.942. The van der Waals surface area contributed by atoms with Gasteiger partial charge in [0.05, 0.1) is 18.1 Å². The van der Waals surface area contributed by atoms with Crippen molar-refractivity contribution in [2.45, 2.75) is 19.8 Å². The average molecular weight is 311 g/mol. The molecule has 1 fully saturated rings. The molecule has 23 heavy (non-hydrogen) atoms. The molecule has 120 valence electrons. The molecule has 5 heteroatoms. The molecule has 1 aliphatic rings. The molecule has 0 saturated carbocycles. The summed E-state index contributed by atoms with van der Waals surface area (Å²) >= 11 is 0. The largest absolute Gasteiger partial charge is 0.381 e. The molecule has 3 rings (SSSR count). The van der Waals surface area contributed by atoms with Crippen LogP contribution in [0.5, 0.6) is 0 Å². The van der Waals surface area contributed by atoms with E-state index in [1.165, 1.54) is 0 Å². The van der Waals surface area contributed by atoms with Crippen molar-refractivity contribution in [2.24, 2.45) is 11.8 Å². The Morgan fingerprint density at radius 1 is 1.17 bits per heavy atom. The number of carbonyl (C=O) groups excluding carboxylic acids is 1. The number of benzene rings is 1. The fraction of sp³-hybridized carbons (Fsp3) is 0.389. The minimum Gasteiger partial charge on any atom is -0.381 e. The van der Waals surface area contributed by atoms with Crippen LogP contribution < -0.4 is 5.32 Å². The van der Waals surface area contributed by atoms with Crippen LogP contribution >= 0.6 is 0 Å². The SMILES string of the molecule is CC(C(=O)Nc1cnc(-c2ccccc2)nc1)C1CCOCC1. The number of nitrogens with zero attached hydrogens (tertiary/aromatic N) is 2. The number of anilines is 1. The minimum absolute atomic E-state index is 0.0213. The third-order valence-corrected chi connectivity index (χ3v) is 4.34. The third kappa shape index (κ3) is 3.93. The Balaban J connectivity index is 1.62. The number of ether oxygens (including phenoxy) is 1. The summed E-state index contributed by atoms with van der Waals surface area (Å²) in [5, 5.41) is 2.91. The molecule has 5 nitrogen and oxygen atoms in total. The molecule has 2 aromatic rings. The number of amides is 1. The Morgan fingerprint density at radius 3 is 2.48 bits per heavy atom. The summed E-state index contributed by atoms with van der Waals surface area (Å²) in [5.41, 5.74) is 1.59. The molecule has 1 amide bonds. The van der Waals surface area contributed by atoms with E-state index < -0.39 is 0 Å². The Labute approximate surface area is 136 Å². The molecule has 0 bridgehead atoms. The molecule has 2 heterocycles. The van der Waals surface area contributed by atoms with Gasteiger partial charge < -0.3 is 10.1 Å². The summed E-state index contributed by atoms with van der Waals surface area (Å²) in [6, 6.07) is 9.77. The van der Waals surface area contributed by atoms with Crippen molar-refractivity contribution in [1.82, 2.24) is 9.97 Å². The van der Waals surface area contributed by atoms with E-state index in [1.54, 1.807) is 12.4 Å². The average Bonchev–Trinajstić information content (AvgIpc) is 2.63. The smallest absolute Gasteiger partial charge is 0.227 e. The van der Waals surface area contributed by atoms with E-state index in [4.69, 9.17) is 4.74 Å². The van der Waals surface area contributed by atoms with Crippen LogP contribution in [-0.2, 0) is 9.53 Å². The molecule has 0 aliphatic carbocycles. The van der Waals surface area contributed by atoms with Crippen molar-refractivity contribution in [3.05, 3.63) is 42.7 Å². The zero-order valence-electron chi connectivity index (χ0n) is 13.2. The number of nitrogens with one attached hydrogen (secondary N) is 1. The molecule has 1 aliphatic heterocycles. The van der Waals surface area contributed by atoms with Gasteiger partial charge in [0, 0.05) is 24.7 Å². The molecule has 1 aromatic carbocycles. The van der Waals surface area contributed by atoms with Crippen LogP contribution in [0.15, 0.2) is 42.7 Å². The maximum absolute atomic E-state index is 12.4. The molecule has 1 atom stereocenters. The number of hydrogen-bond donors (Lipinski definition) is 1. The summed E-state index contributed by atoms with van der Waals surface area (Å²) in [7, 11) is 0. The van der Waals surface area contributed by atoms with Gasteiger partial charge >= 0.3 is 0 Å². The minimum atomic E-state index is -0.0345. The first-order valence-electron chi connectivity index (χ1n) is 8.00. The van der Waals surface area contributed by atoms with Crippen molar-refractivity contribution in [3.8, 4) is 11.4 Å². The second-order valence-electron chi connectivity index (χ2n) is 5.89. The van der Waals surface area contributed by atoms with E-state index in [0.29, 0.717) is 17.4 Å². The molecule has 0 spiro atoms. The first kappa shape index (κ1) is 15.6. The summed E-state index contributed by atoms with van der Waals surface area (Å²) in [4.78, 5) is 21.0. The fourth-order valence-electron chi connectivity index (χ4n) is 2.81. The number of hydrogen-bond acceptors (Lipinski definition) is 4. The van der Waals surface area contributed by atoms with Crippen molar-refractivity contribution >= 4 is 11.6 Å². The molecular weight excluding hydrogens is 290 g/mol. The zero-order chi connectivity index (χ0) is 16.1. The van der Waals surface area contributed by atoms with Crippen LogP contribution in [0.4, 0.5) is 5.69 Å². The van der Waals surface area contributed by atoms with Crippen molar-refractivity contribution in [3.63, 3.8) is 0 Å². The number of carbonyl (C=O) groups is 1. The van der Waals surface area contributed by atoms with Gasteiger partial charge in [-0.3, -0.25) is 4.79 Å². The highest BCUT2D eigenvalue weighted by atomic mass is 16.5. The highest BCUT2D eigenvalue weighted by molar-refractivity contribution is 5.92. The van der Waals surface area contributed by atoms with Crippen molar-refractivity contribution in [2.75, 3.05) is 18.5 Å². The third-order valence-electron chi connectivity index (χ3n) is 4.34. The summed E-state index contributed by atoms with van der Waals surface area (Å²) in [6.07, 6.45) is 5.20. The summed E-state index contributed by atoms with van der Waals surface area (Å²) in [5.74, 6) is 1.02. The van der Waals surface area contributed by atoms with Gasteiger partial charge in [-0.2, -0.15) is 0 Å². The Hall–Kier alpha value is -2.27. The zero-order valence-corrected chi connectivity index (χ0v) is 13.2. The molecule has 1 aromatic heterocycles. The van der Waals surface area contributed by atoms with Crippen LogP contribution in [-0.4, -0.2) is 29.1 Å². The Bertz CT molecular complexity index is 637. The predicted molar refractivity (Wildman–Crippen MR) is 88.8 cm³/mol. The monoisotopic (exact) mass is 311 g/mol. The van der Waals surface area contributed by atoms with E-state index >= 15 is 0 Å². The van der Waals surface area contributed by atoms with E-state index in [9.17, 15) is 4.79 Å². The fourth-order valence-corrected chi connectivity index (χ4v) is 2.81. The van der Waals surface area contributed by atoms with Gasteiger partial charge in [-0.05, 0) is 18.8 Å². The first-order valence-corrected chi connectivity index (χ1v) is 8.00. The predicted octanol–water partition coefficient (Wildman–Crippen LogP) is 3.14. The second kappa shape index (κ2) is 7.33. The summed E-state index contributed by atoms with van der Waals surface area (Å²) in [6.45, 7) is 3.47. The van der Waals surface area contributed by atoms with E-state index in [2.05, 4.69) is 15.3 Å². The first-order chi connectivity index (χ1) is 11.2. The van der Waals surface area contributed by atoms with Gasteiger partial charge in [-0.25, -0.2) is 9.97 Å². The van der Waals surface area contributed by atoms with Crippen LogP contribution in [0, 0.1) is 11.8 Å². The normalized spacial score (nSPS) is 16.7. The van der Waals surface area contributed by atoms with Gasteiger partial charge in [0.1, 0.15) is 0 Å². The van der Waals surface area contributed by atoms with Crippen LogP contribution in [0.25, 0.3) is 11.4 Å². The molecule has 1 unspecified atom stereocenters. The maximum atomic E-state index is 12.4. The van der Waals surface area contributed by atoms with Crippen LogP contribution in [0.3, 0.4) is 0 Å². The number of rotatable bonds is 4. The van der Waals surface area contributed by atoms with Crippen molar-refractivity contribution in [1.29, 1.82) is 0 Å². The topological polar surface area (TPSA) is 64.1 Å². The van der Waals surface area contributed by atoms with Gasteiger partial charge in [-0.15, -0.1) is 0 Å². The Morgan fingerprint density at radius 2 is 1.83 bits per heavy atom. The lowest BCUT2D eigenvalue weighted by Gasteiger charge is -2.26. The van der Waals surface area contributed by atoms with E-state index in [0.717, 1.165) is 31.6 Å². The second-order valence-corrected chi connectivity index (χ2v) is 5.89. The van der Waals surface area contributed by atoms with Crippen LogP contribution in [0.2, 0.25) is 0 Å². The maximum Gasteiger partial charge on any atom is 0.227 e.